The second-order valence-corrected chi connectivity index (χ2v) is 11.2. The van der Waals surface area contributed by atoms with Gasteiger partial charge in [0.2, 0.25) is 11.6 Å². The second kappa shape index (κ2) is 12.4. The normalized spacial score (nSPS) is 18.9. The van der Waals surface area contributed by atoms with E-state index in [0.717, 1.165) is 6.07 Å². The van der Waals surface area contributed by atoms with Gasteiger partial charge in [-0.3, -0.25) is 9.59 Å². The van der Waals surface area contributed by atoms with Gasteiger partial charge in [-0.15, -0.1) is 0 Å². The van der Waals surface area contributed by atoms with Crippen LogP contribution in [0.15, 0.2) is 16.8 Å². The number of carbonyl (C=O) groups excluding carboxylic acids is 2. The quantitative estimate of drug-likeness (QED) is 0.226. The van der Waals surface area contributed by atoms with E-state index in [0.29, 0.717) is 6.07 Å². The van der Waals surface area contributed by atoms with Crippen LogP contribution in [0.5, 0.6) is 0 Å². The average Bonchev–Trinajstić information content (AvgIpc) is 3.60. The smallest absolute Gasteiger partial charge is 0.326 e. The number of aromatic amines is 1. The van der Waals surface area contributed by atoms with Crippen LogP contribution in [0.3, 0.4) is 0 Å². The number of halogens is 6. The molecule has 2 amide bonds. The van der Waals surface area contributed by atoms with Crippen LogP contribution in [-0.2, 0) is 15.3 Å². The van der Waals surface area contributed by atoms with E-state index in [2.05, 4.69) is 30.2 Å². The van der Waals surface area contributed by atoms with Gasteiger partial charge in [0.15, 0.2) is 17.7 Å². The topological polar surface area (TPSA) is 163 Å². The van der Waals surface area contributed by atoms with E-state index in [4.69, 9.17) is 0 Å². The van der Waals surface area contributed by atoms with Crippen molar-refractivity contribution in [3.8, 4) is 0 Å². The van der Waals surface area contributed by atoms with Crippen LogP contribution in [0.4, 0.5) is 26.3 Å². The lowest BCUT2D eigenvalue weighted by Gasteiger charge is -2.33. The van der Waals surface area contributed by atoms with Gasteiger partial charge < -0.3 is 20.7 Å². The first-order valence-corrected chi connectivity index (χ1v) is 13.7. The fraction of sp³-hybridized carbons (Fsp3) is 0.556. The molecule has 0 aliphatic heterocycles. The largest absolute Gasteiger partial charge is 0.480 e. The highest BCUT2D eigenvalue weighted by atomic mass is 19.3. The van der Waals surface area contributed by atoms with Gasteiger partial charge >= 0.3 is 5.97 Å². The van der Waals surface area contributed by atoms with Crippen molar-refractivity contribution in [2.24, 2.45) is 11.8 Å². The van der Waals surface area contributed by atoms with Crippen LogP contribution in [0.2, 0.25) is 0 Å². The van der Waals surface area contributed by atoms with E-state index in [1.54, 1.807) is 0 Å². The van der Waals surface area contributed by atoms with E-state index < -0.39 is 95.9 Å². The minimum atomic E-state index is -4.01. The molecule has 4 N–H and O–H groups in total. The first-order valence-electron chi connectivity index (χ1n) is 13.7. The van der Waals surface area contributed by atoms with Crippen molar-refractivity contribution < 1.29 is 50.5 Å². The number of nitrogens with zero attached hydrogens (tertiary/aromatic N) is 3. The lowest BCUT2D eigenvalue weighted by atomic mass is 9.81. The second-order valence-electron chi connectivity index (χ2n) is 11.2. The molecule has 4 atom stereocenters. The lowest BCUT2D eigenvalue weighted by Crippen LogP contribution is -2.55. The first kappa shape index (κ1) is 32.7. The third-order valence-corrected chi connectivity index (χ3v) is 7.80. The Bertz CT molecular complexity index is 1540. The Morgan fingerprint density at radius 3 is 2.39 bits per heavy atom. The summed E-state index contributed by atoms with van der Waals surface area (Å²) in [6, 6.07) is -1.10. The summed E-state index contributed by atoms with van der Waals surface area (Å²) in [7, 11) is 0. The number of aromatic nitrogens is 4. The highest BCUT2D eigenvalue weighted by molar-refractivity contribution is 5.94. The maximum absolute atomic E-state index is 16.2. The number of hydrogen-bond donors (Lipinski definition) is 4. The van der Waals surface area contributed by atoms with E-state index in [9.17, 15) is 37.1 Å². The van der Waals surface area contributed by atoms with Gasteiger partial charge in [0.1, 0.15) is 29.8 Å². The zero-order valence-electron chi connectivity index (χ0n) is 23.8. The van der Waals surface area contributed by atoms with Crippen LogP contribution in [0, 0.1) is 24.6 Å². The summed E-state index contributed by atoms with van der Waals surface area (Å²) in [4.78, 5) is 44.3. The maximum Gasteiger partial charge on any atom is 0.326 e. The highest BCUT2D eigenvalue weighted by Gasteiger charge is 2.52. The molecule has 0 spiro atoms. The molecule has 240 valence electrons. The number of carboxylic acid groups (broad SMARTS) is 1. The monoisotopic (exact) mass is 632 g/mol. The lowest BCUT2D eigenvalue weighted by molar-refractivity contribution is -0.148. The summed E-state index contributed by atoms with van der Waals surface area (Å²) >= 11 is 0. The molecule has 0 saturated heterocycles. The molecule has 17 heteroatoms. The van der Waals surface area contributed by atoms with Gasteiger partial charge in [0.05, 0.1) is 11.6 Å². The number of H-pyrrole nitrogens is 1. The molecule has 1 aliphatic rings. The van der Waals surface area contributed by atoms with Gasteiger partial charge in [0.25, 0.3) is 11.8 Å². The average molecular weight is 633 g/mol. The van der Waals surface area contributed by atoms with E-state index in [1.807, 2.05) is 5.32 Å². The van der Waals surface area contributed by atoms with Gasteiger partial charge in [-0.1, -0.05) is 19.0 Å². The molecule has 11 nitrogen and oxygen atoms in total. The third-order valence-electron chi connectivity index (χ3n) is 7.80. The molecular weight excluding hydrogens is 602 g/mol. The predicted octanol–water partition coefficient (Wildman–Crippen LogP) is 4.39. The van der Waals surface area contributed by atoms with Crippen LogP contribution in [0.25, 0.3) is 11.0 Å². The molecule has 0 bridgehead atoms. The van der Waals surface area contributed by atoms with Crippen LogP contribution in [0.1, 0.15) is 73.1 Å². The number of aryl methyl sites for hydroxylation is 1. The molecule has 2 unspecified atom stereocenters. The molecule has 44 heavy (non-hydrogen) atoms. The standard InChI is InChI=1S/C27H30F6N6O5/c1-11(2)18(24(41)42)37-25(43)27(33,16(29)10-28)14-4-5-15-21(17(14)30)35-22(34-15)20(13-6-8-26(31,32)9-7-13)36-23(40)19-12(3)38-44-39-19/h4-5,11,13,16,18,20H,6-10H2,1-3H3,(H,34,35)(H,36,40)(H,37,43)(H,41,42)/t16?,18-,20+,27?/m1/s1. The summed E-state index contributed by atoms with van der Waals surface area (Å²) in [6.07, 6.45) is -4.35. The summed E-state index contributed by atoms with van der Waals surface area (Å²) in [5.41, 5.74) is -6.06. The van der Waals surface area contributed by atoms with E-state index in [-0.39, 0.29) is 35.6 Å². The maximum atomic E-state index is 16.2. The third kappa shape index (κ3) is 6.22. The van der Waals surface area contributed by atoms with Gasteiger partial charge in [-0.25, -0.2) is 40.8 Å². The number of imidazole rings is 1. The predicted molar refractivity (Wildman–Crippen MR) is 140 cm³/mol. The molecule has 1 saturated carbocycles. The van der Waals surface area contributed by atoms with Crippen molar-refractivity contribution in [3.05, 3.63) is 40.7 Å². The number of aliphatic carboxylic acids is 1. The van der Waals surface area contributed by atoms with Crippen molar-refractivity contribution >= 4 is 28.8 Å². The summed E-state index contributed by atoms with van der Waals surface area (Å²) in [5, 5.41) is 20.9. The van der Waals surface area contributed by atoms with Gasteiger partial charge in [0, 0.05) is 18.4 Å². The zero-order chi connectivity index (χ0) is 32.6. The summed E-state index contributed by atoms with van der Waals surface area (Å²) in [5.74, 6) is -10.3. The number of carboxylic acids is 1. The van der Waals surface area contributed by atoms with Crippen molar-refractivity contribution in [1.29, 1.82) is 0 Å². The minimum Gasteiger partial charge on any atom is -0.480 e. The summed E-state index contributed by atoms with van der Waals surface area (Å²) < 4.78 is 92.9. The number of benzene rings is 1. The Kier molecular flexibility index (Phi) is 9.25. The van der Waals surface area contributed by atoms with Crippen molar-refractivity contribution in [1.82, 2.24) is 30.9 Å². The molecule has 4 rings (SSSR count). The van der Waals surface area contributed by atoms with E-state index in [1.165, 1.54) is 20.8 Å². The van der Waals surface area contributed by atoms with Crippen molar-refractivity contribution in [2.75, 3.05) is 6.67 Å². The molecule has 2 heterocycles. The Morgan fingerprint density at radius 2 is 1.84 bits per heavy atom. The number of amides is 2. The van der Waals surface area contributed by atoms with Crippen LogP contribution in [-0.4, -0.2) is 68.0 Å². The fourth-order valence-electron chi connectivity index (χ4n) is 5.24. The first-order chi connectivity index (χ1) is 20.6. The fourth-order valence-corrected chi connectivity index (χ4v) is 5.24. The number of fused-ring (bicyclic) bond motifs is 1. The number of rotatable bonds is 11. The molecule has 0 radical (unpaired) electrons. The van der Waals surface area contributed by atoms with Crippen LogP contribution < -0.4 is 10.6 Å². The molecule has 1 aliphatic carbocycles. The Morgan fingerprint density at radius 1 is 1.18 bits per heavy atom. The van der Waals surface area contributed by atoms with Crippen LogP contribution >= 0.6 is 0 Å². The van der Waals surface area contributed by atoms with Gasteiger partial charge in [-0.05, 0) is 48.9 Å². The molecule has 3 aromatic rings. The zero-order valence-corrected chi connectivity index (χ0v) is 23.8. The highest BCUT2D eigenvalue weighted by Crippen LogP contribution is 2.42. The Labute approximate surface area is 246 Å². The Hall–Kier alpha value is -4.18. The minimum absolute atomic E-state index is 0.0623. The molecular formula is C27H30F6N6O5. The molecule has 1 fully saturated rings. The number of nitrogens with one attached hydrogen (secondary N) is 3. The van der Waals surface area contributed by atoms with Crippen molar-refractivity contribution in [3.63, 3.8) is 0 Å². The SMILES string of the molecule is Cc1nonc1C(=O)N[C@H](c1nc2c(F)c(C(F)(C(=O)N[C@@H](C(=O)O)C(C)C)C(F)CF)ccc2[nH]1)C1CCC(F)(F)CC1. The number of carbonyl (C=O) groups is 3. The number of hydrogen-bond acceptors (Lipinski definition) is 7. The van der Waals surface area contributed by atoms with E-state index >= 15 is 8.78 Å². The molecule has 2 aromatic heterocycles. The number of alkyl halides is 5. The summed E-state index contributed by atoms with van der Waals surface area (Å²) in [6.45, 7) is 2.14. The molecule has 1 aromatic carbocycles. The van der Waals surface area contributed by atoms with Crippen molar-refractivity contribution in [2.45, 2.75) is 76.3 Å². The Balaban J connectivity index is 1.76. The van der Waals surface area contributed by atoms with Gasteiger partial charge in [-0.2, -0.15) is 0 Å².